The van der Waals surface area contributed by atoms with Gasteiger partial charge in [0.15, 0.2) is 11.6 Å². The van der Waals surface area contributed by atoms with Gasteiger partial charge < -0.3 is 21.3 Å². The molecule has 192 valence electrons. The second-order valence-electron chi connectivity index (χ2n) is 8.76. The van der Waals surface area contributed by atoms with E-state index in [9.17, 15) is 19.1 Å². The highest BCUT2D eigenvalue weighted by molar-refractivity contribution is 6.16. The summed E-state index contributed by atoms with van der Waals surface area (Å²) in [6.07, 6.45) is 1.97. The summed E-state index contributed by atoms with van der Waals surface area (Å²) in [5.41, 5.74) is 10.7. The van der Waals surface area contributed by atoms with E-state index in [1.165, 1.54) is 48.7 Å². The van der Waals surface area contributed by atoms with Gasteiger partial charge in [0, 0.05) is 23.5 Å². The third-order valence-corrected chi connectivity index (χ3v) is 6.24. The lowest BCUT2D eigenvalue weighted by Gasteiger charge is -2.26. The molecule has 0 unspecified atom stereocenters. The van der Waals surface area contributed by atoms with Crippen LogP contribution in [0.3, 0.4) is 0 Å². The van der Waals surface area contributed by atoms with Gasteiger partial charge in [0.25, 0.3) is 0 Å². The molecule has 3 aromatic carbocycles. The number of aromatic nitrogens is 2. The number of carbonyl (C=O) groups is 2. The highest BCUT2D eigenvalue weighted by atomic mass is 19.1. The second kappa shape index (κ2) is 9.43. The van der Waals surface area contributed by atoms with Crippen LogP contribution in [0.15, 0.2) is 72.9 Å². The lowest BCUT2D eigenvalue weighted by atomic mass is 10.0. The summed E-state index contributed by atoms with van der Waals surface area (Å²) < 4.78 is 34.5. The smallest absolute Gasteiger partial charge is 0.247 e. The number of hydrogen-bond acceptors (Lipinski definition) is 7. The number of carbonyl (C=O) groups excluding carboxylic acids is 2. The summed E-state index contributed by atoms with van der Waals surface area (Å²) in [5, 5.41) is 10.3. The Hall–Kier alpha value is -5.06. The Morgan fingerprint density at radius 1 is 0.974 bits per heavy atom. The fourth-order valence-corrected chi connectivity index (χ4v) is 4.02. The number of nitrogens with two attached hydrogens (primary N) is 2. The van der Waals surface area contributed by atoms with Gasteiger partial charge in [-0.15, -0.1) is 0 Å². The van der Waals surface area contributed by atoms with Crippen LogP contribution in [0.5, 0.6) is 17.2 Å². The fourth-order valence-electron chi connectivity index (χ4n) is 4.02. The van der Waals surface area contributed by atoms with E-state index in [2.05, 4.69) is 9.97 Å². The number of hydrogen-bond donors (Lipinski definition) is 3. The van der Waals surface area contributed by atoms with Gasteiger partial charge in [0.2, 0.25) is 17.8 Å². The third-order valence-electron chi connectivity index (χ3n) is 6.24. The molecule has 11 heteroatoms. The number of rotatable bonds is 7. The van der Waals surface area contributed by atoms with E-state index >= 15 is 4.39 Å². The molecule has 1 heterocycles. The van der Waals surface area contributed by atoms with Crippen LogP contribution in [0.25, 0.3) is 11.3 Å². The van der Waals surface area contributed by atoms with Crippen molar-refractivity contribution in [3.63, 3.8) is 0 Å². The molecular weight excluding hydrogens is 496 g/mol. The van der Waals surface area contributed by atoms with Crippen molar-refractivity contribution in [3.05, 3.63) is 84.6 Å². The zero-order chi connectivity index (χ0) is 27.0. The van der Waals surface area contributed by atoms with Crippen molar-refractivity contribution in [3.8, 4) is 28.5 Å². The largest absolute Gasteiger partial charge is 0.507 e. The van der Waals surface area contributed by atoms with Gasteiger partial charge in [0.05, 0.1) is 11.4 Å². The lowest BCUT2D eigenvalue weighted by molar-refractivity contribution is -0.133. The quantitative estimate of drug-likeness (QED) is 0.308. The number of phenolic OH excluding ortho intramolecular Hbond substituents is 1. The monoisotopic (exact) mass is 517 g/mol. The van der Waals surface area contributed by atoms with Crippen LogP contribution in [0.2, 0.25) is 0 Å². The van der Waals surface area contributed by atoms with Crippen molar-refractivity contribution < 1.29 is 28.2 Å². The van der Waals surface area contributed by atoms with Crippen LogP contribution in [0.1, 0.15) is 12.8 Å². The molecule has 1 aliphatic carbocycles. The van der Waals surface area contributed by atoms with Crippen LogP contribution in [0.4, 0.5) is 26.1 Å². The molecule has 0 bridgehead atoms. The highest BCUT2D eigenvalue weighted by Gasteiger charge is 2.57. The number of ether oxygens (including phenoxy) is 1. The predicted molar refractivity (Wildman–Crippen MR) is 134 cm³/mol. The first kappa shape index (κ1) is 24.6. The van der Waals surface area contributed by atoms with E-state index in [1.807, 2.05) is 0 Å². The first-order valence-electron chi connectivity index (χ1n) is 11.5. The molecule has 0 spiro atoms. The average Bonchev–Trinajstić information content (AvgIpc) is 3.70. The summed E-state index contributed by atoms with van der Waals surface area (Å²) in [6.45, 7) is 0. The molecular formula is C27H21F2N5O4. The van der Waals surface area contributed by atoms with Crippen molar-refractivity contribution in [2.75, 3.05) is 10.6 Å². The Labute approximate surface area is 215 Å². The van der Waals surface area contributed by atoms with Gasteiger partial charge in [-0.25, -0.2) is 18.7 Å². The Morgan fingerprint density at radius 2 is 1.68 bits per heavy atom. The van der Waals surface area contributed by atoms with Crippen molar-refractivity contribution in [2.24, 2.45) is 11.1 Å². The zero-order valence-electron chi connectivity index (χ0n) is 19.8. The molecule has 0 atom stereocenters. The van der Waals surface area contributed by atoms with Gasteiger partial charge in [-0.2, -0.15) is 0 Å². The molecule has 2 amide bonds. The Morgan fingerprint density at radius 3 is 2.32 bits per heavy atom. The first-order valence-corrected chi connectivity index (χ1v) is 11.5. The van der Waals surface area contributed by atoms with E-state index < -0.39 is 28.9 Å². The van der Waals surface area contributed by atoms with Crippen molar-refractivity contribution in [1.29, 1.82) is 0 Å². The third kappa shape index (κ3) is 4.57. The molecule has 1 saturated carbocycles. The number of primary amides is 1. The number of amides is 2. The number of nitrogen functional groups attached to an aromatic ring is 1. The van der Waals surface area contributed by atoms with Crippen molar-refractivity contribution in [2.45, 2.75) is 12.8 Å². The van der Waals surface area contributed by atoms with E-state index in [0.717, 1.165) is 23.1 Å². The van der Waals surface area contributed by atoms with Crippen molar-refractivity contribution in [1.82, 2.24) is 9.97 Å². The zero-order valence-corrected chi connectivity index (χ0v) is 19.8. The number of phenols is 1. The van der Waals surface area contributed by atoms with Crippen molar-refractivity contribution >= 4 is 29.1 Å². The molecule has 5 N–H and O–H groups in total. The maximum Gasteiger partial charge on any atom is 0.247 e. The van der Waals surface area contributed by atoms with Crippen LogP contribution in [0, 0.1) is 17.0 Å². The Kier molecular flexibility index (Phi) is 6.11. The number of aromatic hydroxyl groups is 1. The topological polar surface area (TPSA) is 145 Å². The molecule has 4 aromatic rings. The number of benzene rings is 3. The maximum absolute atomic E-state index is 15.3. The molecule has 9 nitrogen and oxygen atoms in total. The molecule has 38 heavy (non-hydrogen) atoms. The number of anilines is 3. The van der Waals surface area contributed by atoms with Crippen LogP contribution in [-0.2, 0) is 9.59 Å². The van der Waals surface area contributed by atoms with Crippen LogP contribution in [-0.4, -0.2) is 26.9 Å². The normalized spacial score (nSPS) is 13.5. The minimum absolute atomic E-state index is 0.0134. The SMILES string of the molecule is NC(=O)C1(C(=O)N(c2ccc(F)cc2)c2ccc(Oc3ccc(O)c(-c4ccnc(N)n4)c3)c(F)c2)CC1. The van der Waals surface area contributed by atoms with Gasteiger partial charge in [0.1, 0.15) is 22.7 Å². The van der Waals surface area contributed by atoms with Gasteiger partial charge in [-0.05, 0) is 73.5 Å². The molecule has 0 saturated heterocycles. The summed E-state index contributed by atoms with van der Waals surface area (Å²) >= 11 is 0. The molecule has 0 radical (unpaired) electrons. The molecule has 1 fully saturated rings. The van der Waals surface area contributed by atoms with Crippen LogP contribution < -0.4 is 21.1 Å². The Balaban J connectivity index is 1.48. The fraction of sp³-hybridized carbons (Fsp3) is 0.111. The minimum Gasteiger partial charge on any atom is -0.507 e. The number of nitrogens with zero attached hydrogens (tertiary/aromatic N) is 3. The summed E-state index contributed by atoms with van der Waals surface area (Å²) in [5.74, 6) is -2.80. The van der Waals surface area contributed by atoms with Gasteiger partial charge in [-0.3, -0.25) is 14.5 Å². The van der Waals surface area contributed by atoms with E-state index in [1.54, 1.807) is 6.07 Å². The highest BCUT2D eigenvalue weighted by Crippen LogP contribution is 2.49. The lowest BCUT2D eigenvalue weighted by Crippen LogP contribution is -2.41. The molecule has 1 aromatic heterocycles. The average molecular weight is 517 g/mol. The molecule has 0 aliphatic heterocycles. The van der Waals surface area contributed by atoms with Gasteiger partial charge >= 0.3 is 0 Å². The van der Waals surface area contributed by atoms with E-state index in [4.69, 9.17) is 16.2 Å². The molecule has 1 aliphatic rings. The minimum atomic E-state index is -1.40. The Bertz CT molecular complexity index is 1560. The van der Waals surface area contributed by atoms with Gasteiger partial charge in [-0.1, -0.05) is 0 Å². The second-order valence-corrected chi connectivity index (χ2v) is 8.76. The number of halogens is 2. The van der Waals surface area contributed by atoms with E-state index in [0.29, 0.717) is 11.3 Å². The molecule has 5 rings (SSSR count). The summed E-state index contributed by atoms with van der Waals surface area (Å²) in [7, 11) is 0. The van der Waals surface area contributed by atoms with Crippen LogP contribution >= 0.6 is 0 Å². The first-order chi connectivity index (χ1) is 18.2. The maximum atomic E-state index is 15.3. The summed E-state index contributed by atoms with van der Waals surface area (Å²) in [6, 6.07) is 14.6. The van der Waals surface area contributed by atoms with E-state index in [-0.39, 0.29) is 47.4 Å². The predicted octanol–water partition coefficient (Wildman–Crippen LogP) is 4.43. The summed E-state index contributed by atoms with van der Waals surface area (Å²) in [4.78, 5) is 34.5. The standard InChI is InChI=1S/C27H21F2N5O4/c28-15-1-3-16(4-2-15)34(25(37)27(10-11-27)24(30)36)17-5-8-23(20(29)13-17)38-18-6-7-22(35)19(14-18)21-9-12-32-26(31)33-21/h1-9,12-14,35H,10-11H2,(H2,30,36)(H2,31,32,33).